The van der Waals surface area contributed by atoms with Crippen LogP contribution in [0, 0.1) is 0 Å². The van der Waals surface area contributed by atoms with Gasteiger partial charge in [0.2, 0.25) is 0 Å². The van der Waals surface area contributed by atoms with Crippen LogP contribution in [0.1, 0.15) is 10.5 Å². The van der Waals surface area contributed by atoms with E-state index in [4.69, 9.17) is 10.8 Å². The van der Waals surface area contributed by atoms with Gasteiger partial charge in [-0.25, -0.2) is 14.3 Å². The largest absolute Gasteiger partial charge is 0.476 e. The average molecular weight is 178 g/mol. The molecule has 0 radical (unpaired) electrons. The van der Waals surface area contributed by atoms with Gasteiger partial charge in [-0.2, -0.15) is 5.10 Å². The van der Waals surface area contributed by atoms with Gasteiger partial charge in [0.15, 0.2) is 11.3 Å². The predicted octanol–water partition coefficient (Wildman–Crippen LogP) is 0.00970. The molecular formula is C7H6N4O2. The maximum atomic E-state index is 10.6. The number of aromatic nitrogens is 3. The number of fused-ring (bicyclic) bond motifs is 1. The maximum Gasteiger partial charge on any atom is 0.358 e. The van der Waals surface area contributed by atoms with Crippen molar-refractivity contribution in [2.24, 2.45) is 0 Å². The molecule has 0 amide bonds. The Hall–Kier alpha value is -2.11. The van der Waals surface area contributed by atoms with Gasteiger partial charge < -0.3 is 10.8 Å². The summed E-state index contributed by atoms with van der Waals surface area (Å²) in [5.41, 5.74) is 5.80. The van der Waals surface area contributed by atoms with Crippen LogP contribution in [0.2, 0.25) is 0 Å². The second-order valence-electron chi connectivity index (χ2n) is 2.46. The van der Waals surface area contributed by atoms with Crippen molar-refractivity contribution in [1.29, 1.82) is 0 Å². The lowest BCUT2D eigenvalue weighted by molar-refractivity contribution is 0.0691. The van der Waals surface area contributed by atoms with Crippen molar-refractivity contribution in [3.63, 3.8) is 0 Å². The zero-order chi connectivity index (χ0) is 9.42. The fraction of sp³-hybridized carbons (Fsp3) is 0. The summed E-state index contributed by atoms with van der Waals surface area (Å²) in [6.45, 7) is 0. The van der Waals surface area contributed by atoms with Gasteiger partial charge in [0.05, 0.1) is 0 Å². The van der Waals surface area contributed by atoms with Gasteiger partial charge in [-0.15, -0.1) is 0 Å². The number of carboxylic acids is 1. The molecule has 0 aliphatic carbocycles. The second-order valence-corrected chi connectivity index (χ2v) is 2.46. The van der Waals surface area contributed by atoms with Crippen molar-refractivity contribution in [3.8, 4) is 0 Å². The first-order valence-corrected chi connectivity index (χ1v) is 3.52. The van der Waals surface area contributed by atoms with Crippen LogP contribution in [0.25, 0.3) is 5.65 Å². The molecule has 0 saturated heterocycles. The Balaban J connectivity index is 2.81. The minimum Gasteiger partial charge on any atom is -0.476 e. The van der Waals surface area contributed by atoms with Crippen molar-refractivity contribution < 1.29 is 9.90 Å². The van der Waals surface area contributed by atoms with Crippen molar-refractivity contribution in [2.45, 2.75) is 0 Å². The number of hydrogen-bond donors (Lipinski definition) is 2. The van der Waals surface area contributed by atoms with Gasteiger partial charge in [-0.1, -0.05) is 0 Å². The molecule has 2 aromatic heterocycles. The molecule has 6 heteroatoms. The minimum absolute atomic E-state index is 0.0908. The number of nitrogen functional groups attached to an aromatic ring is 1. The number of rotatable bonds is 1. The van der Waals surface area contributed by atoms with E-state index in [1.54, 1.807) is 12.3 Å². The number of aromatic carboxylic acids is 1. The normalized spacial score (nSPS) is 10.5. The third-order valence-electron chi connectivity index (χ3n) is 1.63. The summed E-state index contributed by atoms with van der Waals surface area (Å²) in [7, 11) is 0. The summed E-state index contributed by atoms with van der Waals surface area (Å²) in [5, 5.41) is 12.4. The molecule has 6 nitrogen and oxygen atoms in total. The van der Waals surface area contributed by atoms with E-state index in [1.165, 1.54) is 10.7 Å². The van der Waals surface area contributed by atoms with Gasteiger partial charge in [0.1, 0.15) is 5.69 Å². The number of nitrogens with two attached hydrogens (primary N) is 1. The van der Waals surface area contributed by atoms with Crippen molar-refractivity contribution >= 4 is 17.3 Å². The van der Waals surface area contributed by atoms with Crippen LogP contribution in [0.15, 0.2) is 18.5 Å². The lowest BCUT2D eigenvalue weighted by Crippen LogP contribution is -2.01. The molecule has 3 N–H and O–H groups in total. The molecule has 0 bridgehead atoms. The highest BCUT2D eigenvalue weighted by Crippen LogP contribution is 2.14. The van der Waals surface area contributed by atoms with Crippen molar-refractivity contribution in [3.05, 3.63) is 24.2 Å². The Kier molecular flexibility index (Phi) is 1.42. The first kappa shape index (κ1) is 7.53. The number of carbonyl (C=O) groups is 1. The van der Waals surface area contributed by atoms with Crippen LogP contribution in [-0.2, 0) is 0 Å². The van der Waals surface area contributed by atoms with Crippen molar-refractivity contribution in [1.82, 2.24) is 14.6 Å². The van der Waals surface area contributed by atoms with Crippen molar-refractivity contribution in [2.75, 3.05) is 5.73 Å². The van der Waals surface area contributed by atoms with Crippen LogP contribution < -0.4 is 5.73 Å². The summed E-state index contributed by atoms with van der Waals surface area (Å²) in [4.78, 5) is 14.5. The van der Waals surface area contributed by atoms with Gasteiger partial charge in [-0.3, -0.25) is 0 Å². The van der Waals surface area contributed by atoms with E-state index < -0.39 is 5.97 Å². The van der Waals surface area contributed by atoms with Crippen LogP contribution in [-0.4, -0.2) is 25.7 Å². The third-order valence-corrected chi connectivity index (χ3v) is 1.63. The summed E-state index contributed by atoms with van der Waals surface area (Å²) in [6.07, 6.45) is 3.12. The lowest BCUT2D eigenvalue weighted by atomic mass is 10.4. The van der Waals surface area contributed by atoms with E-state index in [0.29, 0.717) is 5.65 Å². The molecule has 2 aromatic rings. The number of nitrogens with zero attached hydrogens (tertiary/aromatic N) is 3. The highest BCUT2D eigenvalue weighted by Gasteiger charge is 2.15. The van der Waals surface area contributed by atoms with Gasteiger partial charge >= 0.3 is 5.97 Å². The molecule has 0 unspecified atom stereocenters. The van der Waals surface area contributed by atoms with E-state index in [0.717, 1.165) is 0 Å². The highest BCUT2D eigenvalue weighted by atomic mass is 16.4. The molecule has 0 aliphatic heterocycles. The fourth-order valence-electron chi connectivity index (χ4n) is 1.06. The summed E-state index contributed by atoms with van der Waals surface area (Å²) in [5.74, 6) is -1.15. The maximum absolute atomic E-state index is 10.6. The van der Waals surface area contributed by atoms with E-state index in [1.807, 2.05) is 0 Å². The van der Waals surface area contributed by atoms with Crippen LogP contribution >= 0.6 is 0 Å². The molecule has 0 spiro atoms. The van der Waals surface area contributed by atoms with E-state index in [-0.39, 0.29) is 11.4 Å². The van der Waals surface area contributed by atoms with E-state index in [2.05, 4.69) is 10.1 Å². The van der Waals surface area contributed by atoms with E-state index in [9.17, 15) is 4.79 Å². The molecule has 66 valence electrons. The van der Waals surface area contributed by atoms with Gasteiger partial charge in [-0.05, 0) is 6.07 Å². The first-order chi connectivity index (χ1) is 6.20. The predicted molar refractivity (Wildman–Crippen MR) is 44.4 cm³/mol. The fourth-order valence-corrected chi connectivity index (χ4v) is 1.06. The standard InChI is InChI=1S/C7H6N4O2/c8-4-5(7(12)13)10-11-3-1-2-9-6(4)11/h1-3H,8H2,(H,12,13). The van der Waals surface area contributed by atoms with Crippen LogP contribution in [0.3, 0.4) is 0 Å². The molecule has 2 rings (SSSR count). The van der Waals surface area contributed by atoms with Crippen LogP contribution in [0.5, 0.6) is 0 Å². The average Bonchev–Trinajstić information content (AvgIpc) is 2.45. The molecule has 13 heavy (non-hydrogen) atoms. The molecule has 0 fully saturated rings. The molecule has 0 aromatic carbocycles. The zero-order valence-electron chi connectivity index (χ0n) is 6.51. The molecular weight excluding hydrogens is 172 g/mol. The molecule has 0 aliphatic rings. The SMILES string of the molecule is Nc1c(C(=O)O)nn2cccnc12. The quantitative estimate of drug-likeness (QED) is 0.641. The monoisotopic (exact) mass is 178 g/mol. The topological polar surface area (TPSA) is 93.5 Å². The van der Waals surface area contributed by atoms with E-state index >= 15 is 0 Å². The van der Waals surface area contributed by atoms with Crippen LogP contribution in [0.4, 0.5) is 5.69 Å². The minimum atomic E-state index is -1.15. The van der Waals surface area contributed by atoms with Gasteiger partial charge in [0.25, 0.3) is 0 Å². The molecule has 0 atom stereocenters. The summed E-state index contributed by atoms with van der Waals surface area (Å²) >= 11 is 0. The Morgan fingerprint density at radius 3 is 3.00 bits per heavy atom. The number of anilines is 1. The molecule has 0 saturated carbocycles. The lowest BCUT2D eigenvalue weighted by Gasteiger charge is -1.88. The van der Waals surface area contributed by atoms with Gasteiger partial charge in [0, 0.05) is 12.4 Å². The Labute approximate surface area is 72.6 Å². The summed E-state index contributed by atoms with van der Waals surface area (Å²) < 4.78 is 1.33. The number of carboxylic acid groups (broad SMARTS) is 1. The Morgan fingerprint density at radius 1 is 1.62 bits per heavy atom. The highest BCUT2D eigenvalue weighted by molar-refractivity contribution is 5.95. The Bertz CT molecular complexity index is 476. The second kappa shape index (κ2) is 2.44. The smallest absolute Gasteiger partial charge is 0.358 e. The molecule has 2 heterocycles. The first-order valence-electron chi connectivity index (χ1n) is 3.52. The zero-order valence-corrected chi connectivity index (χ0v) is 6.51. The Morgan fingerprint density at radius 2 is 2.38 bits per heavy atom. The number of hydrogen-bond acceptors (Lipinski definition) is 4. The summed E-state index contributed by atoms with van der Waals surface area (Å²) in [6, 6.07) is 1.64. The third kappa shape index (κ3) is 0.994.